The van der Waals surface area contributed by atoms with Crippen molar-refractivity contribution in [3.05, 3.63) is 53.9 Å². The van der Waals surface area contributed by atoms with Gasteiger partial charge in [0.05, 0.1) is 11.4 Å². The van der Waals surface area contributed by atoms with E-state index in [1.54, 1.807) is 0 Å². The Morgan fingerprint density at radius 3 is 2.76 bits per heavy atom. The highest BCUT2D eigenvalue weighted by Crippen LogP contribution is 2.42. The fourth-order valence-electron chi connectivity index (χ4n) is 2.78. The molecule has 2 heterocycles. The Morgan fingerprint density at radius 1 is 1.24 bits per heavy atom. The van der Waals surface area contributed by atoms with E-state index in [4.69, 9.17) is 5.10 Å². The molecule has 1 aliphatic rings. The van der Waals surface area contributed by atoms with Gasteiger partial charge in [-0.1, -0.05) is 18.2 Å². The van der Waals surface area contributed by atoms with E-state index in [1.165, 1.54) is 29.5 Å². The van der Waals surface area contributed by atoms with Crippen LogP contribution in [0.15, 0.2) is 42.6 Å². The first-order valence-corrected chi connectivity index (χ1v) is 7.44. The highest BCUT2D eigenvalue weighted by Gasteiger charge is 2.29. The Kier molecular flexibility index (Phi) is 2.97. The molecule has 1 N–H and O–H groups in total. The van der Waals surface area contributed by atoms with Gasteiger partial charge in [0.1, 0.15) is 0 Å². The van der Waals surface area contributed by atoms with Gasteiger partial charge in [-0.05, 0) is 43.7 Å². The summed E-state index contributed by atoms with van der Waals surface area (Å²) in [6, 6.07) is 12.5. The van der Waals surface area contributed by atoms with Crippen molar-refractivity contribution in [2.24, 2.45) is 0 Å². The quantitative estimate of drug-likeness (QED) is 0.797. The van der Waals surface area contributed by atoms with Crippen LogP contribution in [0.25, 0.3) is 16.7 Å². The fourth-order valence-corrected chi connectivity index (χ4v) is 2.78. The zero-order chi connectivity index (χ0) is 14.2. The van der Waals surface area contributed by atoms with Crippen LogP contribution in [0.1, 0.15) is 30.0 Å². The second kappa shape index (κ2) is 4.97. The minimum Gasteiger partial charge on any atom is -0.316 e. The summed E-state index contributed by atoms with van der Waals surface area (Å²) < 4.78 is 1.98. The molecule has 0 radical (unpaired) electrons. The summed E-state index contributed by atoms with van der Waals surface area (Å²) in [5, 5.41) is 9.24. The van der Waals surface area contributed by atoms with Crippen molar-refractivity contribution in [3.63, 3.8) is 0 Å². The average molecular weight is 278 g/mol. The van der Waals surface area contributed by atoms with Gasteiger partial charge in [-0.25, -0.2) is 9.67 Å². The van der Waals surface area contributed by atoms with Crippen molar-refractivity contribution in [2.75, 3.05) is 7.05 Å². The SMILES string of the molecule is CNCc1cnc2c(c1)c(C1CC1)nn2-c1ccccc1. The fraction of sp³-hybridized carbons (Fsp3) is 0.294. The van der Waals surface area contributed by atoms with Gasteiger partial charge in [-0.15, -0.1) is 0 Å². The Morgan fingerprint density at radius 2 is 2.05 bits per heavy atom. The molecule has 0 aliphatic heterocycles. The molecule has 1 aromatic carbocycles. The van der Waals surface area contributed by atoms with Crippen LogP contribution in [0.5, 0.6) is 0 Å². The van der Waals surface area contributed by atoms with Gasteiger partial charge < -0.3 is 5.32 Å². The van der Waals surface area contributed by atoms with Crippen LogP contribution in [0.3, 0.4) is 0 Å². The van der Waals surface area contributed by atoms with Crippen molar-refractivity contribution < 1.29 is 0 Å². The summed E-state index contributed by atoms with van der Waals surface area (Å²) in [6.07, 6.45) is 4.44. The summed E-state index contributed by atoms with van der Waals surface area (Å²) in [4.78, 5) is 4.67. The standard InChI is InChI=1S/C17H18N4/c1-18-10-12-9-15-16(13-7-8-13)20-21(17(15)19-11-12)14-5-3-2-4-6-14/h2-6,9,11,13,18H,7-8,10H2,1H3. The minimum atomic E-state index is 0.615. The number of pyridine rings is 1. The largest absolute Gasteiger partial charge is 0.316 e. The van der Waals surface area contributed by atoms with E-state index >= 15 is 0 Å². The number of benzene rings is 1. The molecule has 0 unspecified atom stereocenters. The number of hydrogen-bond acceptors (Lipinski definition) is 3. The van der Waals surface area contributed by atoms with Crippen LogP contribution in [0.2, 0.25) is 0 Å². The van der Waals surface area contributed by atoms with Gasteiger partial charge in [-0.2, -0.15) is 5.10 Å². The number of hydrogen-bond donors (Lipinski definition) is 1. The molecule has 106 valence electrons. The van der Waals surface area contributed by atoms with Crippen LogP contribution in [-0.2, 0) is 6.54 Å². The first kappa shape index (κ1) is 12.5. The van der Waals surface area contributed by atoms with E-state index < -0.39 is 0 Å². The highest BCUT2D eigenvalue weighted by atomic mass is 15.3. The van der Waals surface area contributed by atoms with E-state index in [9.17, 15) is 0 Å². The summed E-state index contributed by atoms with van der Waals surface area (Å²) in [5.41, 5.74) is 4.45. The van der Waals surface area contributed by atoms with E-state index in [1.807, 2.05) is 36.1 Å². The average Bonchev–Trinajstić information content (AvgIpc) is 3.30. The van der Waals surface area contributed by atoms with Crippen LogP contribution in [0, 0.1) is 0 Å². The van der Waals surface area contributed by atoms with Gasteiger partial charge in [0.25, 0.3) is 0 Å². The molecule has 4 nitrogen and oxygen atoms in total. The van der Waals surface area contributed by atoms with Crippen LogP contribution in [-0.4, -0.2) is 21.8 Å². The number of para-hydroxylation sites is 1. The van der Waals surface area contributed by atoms with Crippen molar-refractivity contribution in [2.45, 2.75) is 25.3 Å². The second-order valence-corrected chi connectivity index (χ2v) is 5.65. The van der Waals surface area contributed by atoms with Crippen molar-refractivity contribution in [1.29, 1.82) is 0 Å². The smallest absolute Gasteiger partial charge is 0.163 e. The molecular weight excluding hydrogens is 260 g/mol. The van der Waals surface area contributed by atoms with E-state index in [0.29, 0.717) is 5.92 Å². The molecular formula is C17H18N4. The molecule has 0 spiro atoms. The maximum atomic E-state index is 4.86. The maximum Gasteiger partial charge on any atom is 0.163 e. The van der Waals surface area contributed by atoms with Crippen molar-refractivity contribution in [1.82, 2.24) is 20.1 Å². The summed E-state index contributed by atoms with van der Waals surface area (Å²) in [6.45, 7) is 0.837. The van der Waals surface area contributed by atoms with Gasteiger partial charge >= 0.3 is 0 Å². The zero-order valence-electron chi connectivity index (χ0n) is 12.1. The van der Waals surface area contributed by atoms with E-state index in [0.717, 1.165) is 17.9 Å². The molecule has 1 fully saturated rings. The zero-order valence-corrected chi connectivity index (χ0v) is 12.1. The summed E-state index contributed by atoms with van der Waals surface area (Å²) in [7, 11) is 1.96. The monoisotopic (exact) mass is 278 g/mol. The highest BCUT2D eigenvalue weighted by molar-refractivity contribution is 5.81. The Balaban J connectivity index is 1.92. The van der Waals surface area contributed by atoms with Gasteiger partial charge in [-0.3, -0.25) is 0 Å². The lowest BCUT2D eigenvalue weighted by atomic mass is 10.1. The molecule has 3 aromatic rings. The summed E-state index contributed by atoms with van der Waals surface area (Å²) in [5.74, 6) is 0.615. The summed E-state index contributed by atoms with van der Waals surface area (Å²) >= 11 is 0. The molecule has 0 atom stereocenters. The number of rotatable bonds is 4. The molecule has 0 saturated heterocycles. The van der Waals surface area contributed by atoms with Crippen LogP contribution in [0.4, 0.5) is 0 Å². The topological polar surface area (TPSA) is 42.7 Å². The molecule has 2 aromatic heterocycles. The molecule has 4 heteroatoms. The predicted molar refractivity (Wildman–Crippen MR) is 83.6 cm³/mol. The third kappa shape index (κ3) is 2.21. The van der Waals surface area contributed by atoms with Crippen LogP contribution < -0.4 is 5.32 Å². The maximum absolute atomic E-state index is 4.86. The van der Waals surface area contributed by atoms with Crippen molar-refractivity contribution >= 4 is 11.0 Å². The lowest BCUT2D eigenvalue weighted by Crippen LogP contribution is -2.05. The van der Waals surface area contributed by atoms with Crippen molar-refractivity contribution in [3.8, 4) is 5.69 Å². The minimum absolute atomic E-state index is 0.615. The first-order chi connectivity index (χ1) is 10.4. The number of aromatic nitrogens is 3. The lowest BCUT2D eigenvalue weighted by molar-refractivity contribution is 0.814. The molecule has 0 bridgehead atoms. The Hall–Kier alpha value is -2.20. The molecule has 21 heavy (non-hydrogen) atoms. The van der Waals surface area contributed by atoms with Gasteiger partial charge in [0.15, 0.2) is 5.65 Å². The molecule has 0 amide bonds. The van der Waals surface area contributed by atoms with E-state index in [-0.39, 0.29) is 0 Å². The lowest BCUT2D eigenvalue weighted by Gasteiger charge is -2.03. The number of nitrogens with one attached hydrogen (secondary N) is 1. The molecule has 4 rings (SSSR count). The number of fused-ring (bicyclic) bond motifs is 1. The Bertz CT molecular complexity index is 772. The second-order valence-electron chi connectivity index (χ2n) is 5.65. The Labute approximate surface area is 123 Å². The third-order valence-electron chi connectivity index (χ3n) is 3.95. The molecule has 1 saturated carbocycles. The molecule has 1 aliphatic carbocycles. The normalized spacial score (nSPS) is 14.7. The predicted octanol–water partition coefficient (Wildman–Crippen LogP) is 3.02. The van der Waals surface area contributed by atoms with Gasteiger partial charge in [0, 0.05) is 24.0 Å². The van der Waals surface area contributed by atoms with Crippen LogP contribution >= 0.6 is 0 Å². The van der Waals surface area contributed by atoms with Gasteiger partial charge in [0.2, 0.25) is 0 Å². The first-order valence-electron chi connectivity index (χ1n) is 7.44. The van der Waals surface area contributed by atoms with E-state index in [2.05, 4.69) is 28.5 Å². The number of nitrogens with zero attached hydrogens (tertiary/aromatic N) is 3. The third-order valence-corrected chi connectivity index (χ3v) is 3.95.